The number of rotatable bonds is 6. The van der Waals surface area contributed by atoms with Gasteiger partial charge in [0.05, 0.1) is 12.0 Å². The molecule has 2 aromatic carbocycles. The standard InChI is InChI=1S/C22H22N2O3S/c1-4-19-14(2)13-20(28-19)22(26)24-16-7-5-15(6-8-16)21(25)23-17-9-11-18(27-3)12-10-17/h5-13H,4H2,1-3H3,(H,23,25)(H,24,26). The first-order chi connectivity index (χ1) is 13.5. The number of aryl methyl sites for hydroxylation is 2. The molecule has 0 saturated carbocycles. The second-order valence-electron chi connectivity index (χ2n) is 6.28. The zero-order chi connectivity index (χ0) is 20.1. The first-order valence-electron chi connectivity index (χ1n) is 8.96. The highest BCUT2D eigenvalue weighted by Crippen LogP contribution is 2.23. The van der Waals surface area contributed by atoms with Gasteiger partial charge in [-0.15, -0.1) is 11.3 Å². The topological polar surface area (TPSA) is 67.4 Å². The van der Waals surface area contributed by atoms with E-state index in [2.05, 4.69) is 17.6 Å². The van der Waals surface area contributed by atoms with E-state index in [1.54, 1.807) is 55.6 Å². The summed E-state index contributed by atoms with van der Waals surface area (Å²) in [6, 6.07) is 15.9. The molecule has 1 heterocycles. The third-order valence-electron chi connectivity index (χ3n) is 4.32. The summed E-state index contributed by atoms with van der Waals surface area (Å²) in [6.45, 7) is 4.10. The molecule has 0 aliphatic heterocycles. The molecule has 6 heteroatoms. The Bertz CT molecular complexity index is 976. The number of ether oxygens (including phenoxy) is 1. The minimum absolute atomic E-state index is 0.136. The molecule has 0 bridgehead atoms. The van der Waals surface area contributed by atoms with Crippen molar-refractivity contribution in [3.8, 4) is 5.75 Å². The van der Waals surface area contributed by atoms with E-state index in [1.165, 1.54) is 16.2 Å². The number of carbonyl (C=O) groups is 2. The molecule has 28 heavy (non-hydrogen) atoms. The van der Waals surface area contributed by atoms with Crippen LogP contribution in [0.2, 0.25) is 0 Å². The van der Waals surface area contributed by atoms with Gasteiger partial charge in [0.1, 0.15) is 5.75 Å². The Labute approximate surface area is 168 Å². The van der Waals surface area contributed by atoms with E-state index < -0.39 is 0 Å². The maximum Gasteiger partial charge on any atom is 0.265 e. The van der Waals surface area contributed by atoms with Crippen molar-refractivity contribution in [2.24, 2.45) is 0 Å². The third-order valence-corrected chi connectivity index (χ3v) is 5.70. The van der Waals surface area contributed by atoms with Gasteiger partial charge < -0.3 is 15.4 Å². The zero-order valence-electron chi connectivity index (χ0n) is 16.0. The number of carbonyl (C=O) groups excluding carboxylic acids is 2. The second-order valence-corrected chi connectivity index (χ2v) is 7.42. The molecule has 3 aromatic rings. The fourth-order valence-electron chi connectivity index (χ4n) is 2.76. The van der Waals surface area contributed by atoms with Crippen LogP contribution >= 0.6 is 11.3 Å². The number of hydrogen-bond donors (Lipinski definition) is 2. The first-order valence-corrected chi connectivity index (χ1v) is 9.78. The van der Waals surface area contributed by atoms with Crippen LogP contribution in [0, 0.1) is 6.92 Å². The van der Waals surface area contributed by atoms with Crippen molar-refractivity contribution in [3.05, 3.63) is 75.5 Å². The van der Waals surface area contributed by atoms with Crippen LogP contribution < -0.4 is 15.4 Å². The highest BCUT2D eigenvalue weighted by molar-refractivity contribution is 7.14. The number of thiophene rings is 1. The fraction of sp³-hybridized carbons (Fsp3) is 0.182. The number of amides is 2. The summed E-state index contributed by atoms with van der Waals surface area (Å²) in [5, 5.41) is 5.71. The Morgan fingerprint density at radius 1 is 0.929 bits per heavy atom. The monoisotopic (exact) mass is 394 g/mol. The molecule has 2 amide bonds. The van der Waals surface area contributed by atoms with Gasteiger partial charge in [-0.05, 0) is 73.5 Å². The Morgan fingerprint density at radius 3 is 2.04 bits per heavy atom. The van der Waals surface area contributed by atoms with Crippen LogP contribution in [-0.2, 0) is 6.42 Å². The van der Waals surface area contributed by atoms with Crippen molar-refractivity contribution in [3.63, 3.8) is 0 Å². The van der Waals surface area contributed by atoms with E-state index in [0.29, 0.717) is 21.8 Å². The number of methoxy groups -OCH3 is 1. The van der Waals surface area contributed by atoms with E-state index in [4.69, 9.17) is 4.74 Å². The average molecular weight is 394 g/mol. The van der Waals surface area contributed by atoms with Crippen LogP contribution in [0.3, 0.4) is 0 Å². The summed E-state index contributed by atoms with van der Waals surface area (Å²) < 4.78 is 5.10. The molecule has 0 spiro atoms. The molecule has 0 aliphatic rings. The Balaban J connectivity index is 1.63. The maximum absolute atomic E-state index is 12.4. The molecule has 0 atom stereocenters. The van der Waals surface area contributed by atoms with Crippen LogP contribution in [0.5, 0.6) is 5.75 Å². The van der Waals surface area contributed by atoms with Crippen molar-refractivity contribution in [1.29, 1.82) is 0 Å². The second kappa shape index (κ2) is 8.71. The highest BCUT2D eigenvalue weighted by atomic mass is 32.1. The van der Waals surface area contributed by atoms with Crippen LogP contribution in [0.25, 0.3) is 0 Å². The van der Waals surface area contributed by atoms with Crippen molar-refractivity contribution >= 4 is 34.5 Å². The fourth-order valence-corrected chi connectivity index (χ4v) is 3.77. The lowest BCUT2D eigenvalue weighted by atomic mass is 10.2. The Hall–Kier alpha value is -3.12. The van der Waals surface area contributed by atoms with E-state index in [0.717, 1.165) is 17.7 Å². The molecule has 0 unspecified atom stereocenters. The largest absolute Gasteiger partial charge is 0.497 e. The summed E-state index contributed by atoms with van der Waals surface area (Å²) in [5.74, 6) is 0.373. The molecular formula is C22H22N2O3S. The van der Waals surface area contributed by atoms with Crippen molar-refractivity contribution in [1.82, 2.24) is 0 Å². The Morgan fingerprint density at radius 2 is 1.50 bits per heavy atom. The van der Waals surface area contributed by atoms with Crippen molar-refractivity contribution in [2.45, 2.75) is 20.3 Å². The maximum atomic E-state index is 12.4. The first kappa shape index (κ1) is 19.6. The lowest BCUT2D eigenvalue weighted by molar-refractivity contribution is 0.102. The van der Waals surface area contributed by atoms with Crippen molar-refractivity contribution in [2.75, 3.05) is 17.7 Å². The molecule has 3 rings (SSSR count). The molecule has 0 aliphatic carbocycles. The molecule has 144 valence electrons. The van der Waals surface area contributed by atoms with Crippen LogP contribution in [-0.4, -0.2) is 18.9 Å². The van der Waals surface area contributed by atoms with Gasteiger partial charge in [-0.1, -0.05) is 6.92 Å². The summed E-state index contributed by atoms with van der Waals surface area (Å²) >= 11 is 1.51. The SMILES string of the molecule is CCc1sc(C(=O)Nc2ccc(C(=O)Nc3ccc(OC)cc3)cc2)cc1C. The van der Waals surface area contributed by atoms with Crippen LogP contribution in [0.1, 0.15) is 37.4 Å². The van der Waals surface area contributed by atoms with Gasteiger partial charge in [-0.3, -0.25) is 9.59 Å². The van der Waals surface area contributed by atoms with Crippen molar-refractivity contribution < 1.29 is 14.3 Å². The molecule has 0 radical (unpaired) electrons. The molecule has 5 nitrogen and oxygen atoms in total. The smallest absolute Gasteiger partial charge is 0.265 e. The lowest BCUT2D eigenvalue weighted by Gasteiger charge is -2.08. The van der Waals surface area contributed by atoms with E-state index in [-0.39, 0.29) is 11.8 Å². The van der Waals surface area contributed by atoms with Gasteiger partial charge in [0.25, 0.3) is 11.8 Å². The summed E-state index contributed by atoms with van der Waals surface area (Å²) in [7, 11) is 1.59. The zero-order valence-corrected chi connectivity index (χ0v) is 16.9. The van der Waals surface area contributed by atoms with Gasteiger partial charge in [-0.2, -0.15) is 0 Å². The van der Waals surface area contributed by atoms with Gasteiger partial charge >= 0.3 is 0 Å². The number of nitrogens with one attached hydrogen (secondary N) is 2. The van der Waals surface area contributed by atoms with E-state index >= 15 is 0 Å². The van der Waals surface area contributed by atoms with Gasteiger partial charge in [0.2, 0.25) is 0 Å². The minimum Gasteiger partial charge on any atom is -0.497 e. The highest BCUT2D eigenvalue weighted by Gasteiger charge is 2.12. The Kier molecular flexibility index (Phi) is 6.11. The average Bonchev–Trinajstić information content (AvgIpc) is 3.10. The normalized spacial score (nSPS) is 10.4. The van der Waals surface area contributed by atoms with Crippen LogP contribution in [0.15, 0.2) is 54.6 Å². The predicted octanol–water partition coefficient (Wildman–Crippen LogP) is 5.13. The summed E-state index contributed by atoms with van der Waals surface area (Å²) in [4.78, 5) is 26.7. The van der Waals surface area contributed by atoms with Gasteiger partial charge in [-0.25, -0.2) is 0 Å². The van der Waals surface area contributed by atoms with Gasteiger partial charge in [0.15, 0.2) is 0 Å². The van der Waals surface area contributed by atoms with E-state index in [1.807, 2.05) is 13.0 Å². The molecule has 2 N–H and O–H groups in total. The molecule has 0 fully saturated rings. The quantitative estimate of drug-likeness (QED) is 0.609. The third kappa shape index (κ3) is 4.58. The van der Waals surface area contributed by atoms with Crippen LogP contribution in [0.4, 0.5) is 11.4 Å². The molecule has 1 aromatic heterocycles. The van der Waals surface area contributed by atoms with Gasteiger partial charge in [0, 0.05) is 21.8 Å². The predicted molar refractivity (Wildman–Crippen MR) is 114 cm³/mol. The molecular weight excluding hydrogens is 372 g/mol. The van der Waals surface area contributed by atoms with E-state index in [9.17, 15) is 9.59 Å². The number of anilines is 2. The number of benzene rings is 2. The summed E-state index contributed by atoms with van der Waals surface area (Å²) in [6.07, 6.45) is 0.918. The number of hydrogen-bond acceptors (Lipinski definition) is 4. The lowest BCUT2D eigenvalue weighted by Crippen LogP contribution is -2.13. The summed E-state index contributed by atoms with van der Waals surface area (Å²) in [5.41, 5.74) is 2.98. The molecule has 0 saturated heterocycles. The minimum atomic E-state index is -0.218.